The molecule has 0 bridgehead atoms. The third kappa shape index (κ3) is 4.10. The number of halogens is 1. The molecule has 1 rings (SSSR count). The largest absolute Gasteiger partial charge is 0.379 e. The molecule has 0 fully saturated rings. The van der Waals surface area contributed by atoms with Gasteiger partial charge in [-0.15, -0.1) is 0 Å². The number of ether oxygens (including phenoxy) is 1. The van der Waals surface area contributed by atoms with E-state index in [4.69, 9.17) is 4.74 Å². The SMILES string of the molecule is Cc1cccc(C(=O)N(C)CCOCCBr)c1C. The summed E-state index contributed by atoms with van der Waals surface area (Å²) in [5, 5.41) is 0.821. The number of amides is 1. The Kier molecular flexibility index (Phi) is 6.36. The van der Waals surface area contributed by atoms with Crippen molar-refractivity contribution in [3.8, 4) is 0 Å². The Morgan fingerprint density at radius 3 is 2.72 bits per heavy atom. The molecule has 0 spiro atoms. The smallest absolute Gasteiger partial charge is 0.253 e. The maximum Gasteiger partial charge on any atom is 0.253 e. The average molecular weight is 314 g/mol. The fourth-order valence-corrected chi connectivity index (χ4v) is 1.88. The summed E-state index contributed by atoms with van der Waals surface area (Å²) < 4.78 is 5.35. The van der Waals surface area contributed by atoms with Crippen molar-refractivity contribution in [2.45, 2.75) is 13.8 Å². The first-order valence-corrected chi connectivity index (χ1v) is 7.15. The van der Waals surface area contributed by atoms with Crippen LogP contribution in [-0.2, 0) is 4.74 Å². The summed E-state index contributed by atoms with van der Waals surface area (Å²) in [5.41, 5.74) is 2.97. The van der Waals surface area contributed by atoms with E-state index in [9.17, 15) is 4.79 Å². The molecule has 0 aliphatic carbocycles. The second kappa shape index (κ2) is 7.54. The highest BCUT2D eigenvalue weighted by molar-refractivity contribution is 9.09. The van der Waals surface area contributed by atoms with Gasteiger partial charge in [-0.25, -0.2) is 0 Å². The van der Waals surface area contributed by atoms with Gasteiger partial charge in [-0.2, -0.15) is 0 Å². The number of hydrogen-bond acceptors (Lipinski definition) is 2. The van der Waals surface area contributed by atoms with Crippen molar-refractivity contribution >= 4 is 21.8 Å². The van der Waals surface area contributed by atoms with Crippen LogP contribution in [0, 0.1) is 13.8 Å². The summed E-state index contributed by atoms with van der Waals surface area (Å²) in [4.78, 5) is 13.9. The maximum atomic E-state index is 12.2. The molecule has 0 aliphatic rings. The van der Waals surface area contributed by atoms with Crippen LogP contribution in [0.1, 0.15) is 21.5 Å². The molecule has 18 heavy (non-hydrogen) atoms. The van der Waals surface area contributed by atoms with Crippen molar-refractivity contribution < 1.29 is 9.53 Å². The minimum absolute atomic E-state index is 0.0543. The van der Waals surface area contributed by atoms with Crippen molar-refractivity contribution in [3.05, 3.63) is 34.9 Å². The first kappa shape index (κ1) is 15.2. The number of hydrogen-bond donors (Lipinski definition) is 0. The lowest BCUT2D eigenvalue weighted by atomic mass is 10.0. The molecule has 1 aromatic rings. The maximum absolute atomic E-state index is 12.2. The van der Waals surface area contributed by atoms with Gasteiger partial charge in [-0.05, 0) is 31.0 Å². The molecule has 0 N–H and O–H groups in total. The molecule has 0 heterocycles. The van der Waals surface area contributed by atoms with Crippen LogP contribution in [0.25, 0.3) is 0 Å². The van der Waals surface area contributed by atoms with Crippen molar-refractivity contribution in [1.29, 1.82) is 0 Å². The van der Waals surface area contributed by atoms with Crippen molar-refractivity contribution in [2.24, 2.45) is 0 Å². The van der Waals surface area contributed by atoms with E-state index in [2.05, 4.69) is 15.9 Å². The number of alkyl halides is 1. The monoisotopic (exact) mass is 313 g/mol. The van der Waals surface area contributed by atoms with Gasteiger partial charge in [0.2, 0.25) is 0 Å². The van der Waals surface area contributed by atoms with Gasteiger partial charge in [0.15, 0.2) is 0 Å². The lowest BCUT2D eigenvalue weighted by Gasteiger charge is -2.18. The summed E-state index contributed by atoms with van der Waals surface area (Å²) in [6.45, 7) is 5.85. The first-order chi connectivity index (χ1) is 8.57. The van der Waals surface area contributed by atoms with Crippen molar-refractivity contribution in [1.82, 2.24) is 4.90 Å². The Hall–Kier alpha value is -0.870. The third-order valence-electron chi connectivity index (χ3n) is 2.97. The molecule has 0 aliphatic heterocycles. The standard InChI is InChI=1S/C14H20BrNO2/c1-11-5-4-6-13(12(11)2)14(17)16(3)8-10-18-9-7-15/h4-6H,7-10H2,1-3H3. The molecule has 0 radical (unpaired) electrons. The quantitative estimate of drug-likeness (QED) is 0.597. The zero-order chi connectivity index (χ0) is 13.5. The van der Waals surface area contributed by atoms with E-state index < -0.39 is 0 Å². The van der Waals surface area contributed by atoms with Crippen LogP contribution in [0.4, 0.5) is 0 Å². The lowest BCUT2D eigenvalue weighted by Crippen LogP contribution is -2.30. The number of likely N-dealkylation sites (N-methyl/N-ethyl adjacent to an activating group) is 1. The van der Waals surface area contributed by atoms with Gasteiger partial charge in [0.25, 0.3) is 5.91 Å². The van der Waals surface area contributed by atoms with E-state index in [1.807, 2.05) is 39.1 Å². The van der Waals surface area contributed by atoms with Gasteiger partial charge in [0, 0.05) is 24.5 Å². The Balaban J connectivity index is 2.60. The summed E-state index contributed by atoms with van der Waals surface area (Å²) in [5.74, 6) is 0.0543. The van der Waals surface area contributed by atoms with E-state index in [1.165, 1.54) is 0 Å². The number of benzene rings is 1. The predicted octanol–water partition coefficient (Wildman–Crippen LogP) is 2.79. The zero-order valence-corrected chi connectivity index (χ0v) is 12.8. The van der Waals surface area contributed by atoms with Gasteiger partial charge < -0.3 is 9.64 Å². The molecule has 0 atom stereocenters. The molecule has 1 amide bonds. The molecule has 0 saturated heterocycles. The molecule has 1 aromatic carbocycles. The highest BCUT2D eigenvalue weighted by atomic mass is 79.9. The van der Waals surface area contributed by atoms with Crippen LogP contribution in [-0.4, -0.2) is 42.9 Å². The number of aryl methyl sites for hydroxylation is 1. The lowest BCUT2D eigenvalue weighted by molar-refractivity contribution is 0.0712. The van der Waals surface area contributed by atoms with Crippen LogP contribution in [0.3, 0.4) is 0 Å². The summed E-state index contributed by atoms with van der Waals surface area (Å²) in [6, 6.07) is 5.82. The average Bonchev–Trinajstić information content (AvgIpc) is 2.37. The Bertz CT molecular complexity index is 407. The topological polar surface area (TPSA) is 29.5 Å². The molecule has 3 nitrogen and oxygen atoms in total. The number of rotatable bonds is 6. The first-order valence-electron chi connectivity index (χ1n) is 6.03. The van der Waals surface area contributed by atoms with Crippen LogP contribution in [0.2, 0.25) is 0 Å². The van der Waals surface area contributed by atoms with Gasteiger partial charge in [0.05, 0.1) is 13.2 Å². The predicted molar refractivity (Wildman–Crippen MR) is 77.5 cm³/mol. The normalized spacial score (nSPS) is 10.4. The fourth-order valence-electron chi connectivity index (χ4n) is 1.65. The zero-order valence-electron chi connectivity index (χ0n) is 11.2. The fraction of sp³-hybridized carbons (Fsp3) is 0.500. The highest BCUT2D eigenvalue weighted by Gasteiger charge is 2.14. The van der Waals surface area contributed by atoms with Crippen LogP contribution in [0.15, 0.2) is 18.2 Å². The summed E-state index contributed by atoms with van der Waals surface area (Å²) in [6.07, 6.45) is 0. The minimum Gasteiger partial charge on any atom is -0.379 e. The van der Waals surface area contributed by atoms with Crippen molar-refractivity contribution in [2.75, 3.05) is 32.1 Å². The second-order valence-corrected chi connectivity index (χ2v) is 5.07. The molecular formula is C14H20BrNO2. The van der Waals surface area contributed by atoms with Gasteiger partial charge in [-0.3, -0.25) is 4.79 Å². The Morgan fingerprint density at radius 2 is 2.06 bits per heavy atom. The van der Waals surface area contributed by atoms with Crippen LogP contribution in [0.5, 0.6) is 0 Å². The van der Waals surface area contributed by atoms with E-state index in [1.54, 1.807) is 4.90 Å². The molecule has 4 heteroatoms. The molecule has 0 saturated carbocycles. The summed E-state index contributed by atoms with van der Waals surface area (Å²) in [7, 11) is 1.81. The van der Waals surface area contributed by atoms with Gasteiger partial charge in [0.1, 0.15) is 0 Å². The van der Waals surface area contributed by atoms with Crippen molar-refractivity contribution in [3.63, 3.8) is 0 Å². The number of carbonyl (C=O) groups excluding carboxylic acids is 1. The summed E-state index contributed by atoms with van der Waals surface area (Å²) >= 11 is 3.29. The van der Waals surface area contributed by atoms with Crippen LogP contribution < -0.4 is 0 Å². The van der Waals surface area contributed by atoms with E-state index in [0.717, 1.165) is 22.0 Å². The van der Waals surface area contributed by atoms with Crippen LogP contribution >= 0.6 is 15.9 Å². The van der Waals surface area contributed by atoms with Gasteiger partial charge >= 0.3 is 0 Å². The Morgan fingerprint density at radius 1 is 1.33 bits per heavy atom. The van der Waals surface area contributed by atoms with E-state index >= 15 is 0 Å². The Labute approximate surface area is 117 Å². The third-order valence-corrected chi connectivity index (χ3v) is 3.30. The molecule has 100 valence electrons. The van der Waals surface area contributed by atoms with Gasteiger partial charge in [-0.1, -0.05) is 28.1 Å². The number of carbonyl (C=O) groups is 1. The number of nitrogens with zero attached hydrogens (tertiary/aromatic N) is 1. The molecule has 0 unspecified atom stereocenters. The highest BCUT2D eigenvalue weighted by Crippen LogP contribution is 2.14. The van der Waals surface area contributed by atoms with E-state index in [0.29, 0.717) is 19.8 Å². The molecule has 0 aromatic heterocycles. The second-order valence-electron chi connectivity index (χ2n) is 4.28. The van der Waals surface area contributed by atoms with E-state index in [-0.39, 0.29) is 5.91 Å². The minimum atomic E-state index is 0.0543. The molecular weight excluding hydrogens is 294 g/mol.